The smallest absolute Gasteiger partial charge is 0.407 e. The predicted octanol–water partition coefficient (Wildman–Crippen LogP) is 0.944. The van der Waals surface area contributed by atoms with Gasteiger partial charge in [-0.05, 0) is 12.3 Å². The van der Waals surface area contributed by atoms with E-state index in [9.17, 15) is 18.0 Å². The second kappa shape index (κ2) is 6.95. The van der Waals surface area contributed by atoms with Gasteiger partial charge in [-0.2, -0.15) is 13.2 Å². The fourth-order valence-corrected chi connectivity index (χ4v) is 2.47. The van der Waals surface area contributed by atoms with Crippen molar-refractivity contribution >= 4 is 6.09 Å². The van der Waals surface area contributed by atoms with Crippen LogP contribution in [0.25, 0.3) is 0 Å². The van der Waals surface area contributed by atoms with Crippen LogP contribution >= 0.6 is 0 Å². The number of methoxy groups -OCH3 is 1. The number of carbonyl (C=O) groups excluding carboxylic acids is 1. The predicted molar refractivity (Wildman–Crippen MR) is 63.6 cm³/mol. The molecular weight excluding hydrogens is 263 g/mol. The quantitative estimate of drug-likeness (QED) is 0.806. The lowest BCUT2D eigenvalue weighted by Gasteiger charge is -2.37. The lowest BCUT2D eigenvalue weighted by molar-refractivity contribution is -0.148. The van der Waals surface area contributed by atoms with E-state index in [-0.39, 0.29) is 6.04 Å². The molecule has 1 aliphatic rings. The summed E-state index contributed by atoms with van der Waals surface area (Å²) in [5.41, 5.74) is 5.43. The molecule has 0 aromatic heterocycles. The van der Waals surface area contributed by atoms with Gasteiger partial charge in [0.15, 0.2) is 0 Å². The Kier molecular flexibility index (Phi) is 5.86. The summed E-state index contributed by atoms with van der Waals surface area (Å²) >= 11 is 0. The molecule has 2 unspecified atom stereocenters. The fourth-order valence-electron chi connectivity index (χ4n) is 2.47. The van der Waals surface area contributed by atoms with Crippen LogP contribution in [0, 0.1) is 5.92 Å². The van der Waals surface area contributed by atoms with Crippen molar-refractivity contribution in [1.29, 1.82) is 0 Å². The molecule has 19 heavy (non-hydrogen) atoms. The number of hydrogen-bond acceptors (Lipinski definition) is 4. The zero-order chi connectivity index (χ0) is 14.5. The molecule has 1 amide bonds. The maximum atomic E-state index is 12.5. The molecule has 0 radical (unpaired) electrons. The van der Waals surface area contributed by atoms with Crippen LogP contribution in [0.5, 0.6) is 0 Å². The van der Waals surface area contributed by atoms with Crippen LogP contribution in [-0.4, -0.2) is 56.5 Å². The van der Waals surface area contributed by atoms with Crippen molar-refractivity contribution in [3.63, 3.8) is 0 Å². The summed E-state index contributed by atoms with van der Waals surface area (Å²) in [7, 11) is 1.23. The van der Waals surface area contributed by atoms with Crippen molar-refractivity contribution in [1.82, 2.24) is 10.2 Å². The molecule has 0 spiro atoms. The van der Waals surface area contributed by atoms with Crippen molar-refractivity contribution in [3.05, 3.63) is 0 Å². The van der Waals surface area contributed by atoms with Crippen molar-refractivity contribution in [2.45, 2.75) is 25.1 Å². The highest BCUT2D eigenvalue weighted by Gasteiger charge is 2.36. The molecule has 3 N–H and O–H groups in total. The van der Waals surface area contributed by atoms with Crippen molar-refractivity contribution in [3.8, 4) is 0 Å². The van der Waals surface area contributed by atoms with Crippen LogP contribution in [-0.2, 0) is 4.74 Å². The monoisotopic (exact) mass is 283 g/mol. The molecule has 1 rings (SSSR count). The molecule has 0 bridgehead atoms. The first kappa shape index (κ1) is 16.0. The first-order valence-electron chi connectivity index (χ1n) is 6.17. The molecule has 0 aliphatic carbocycles. The summed E-state index contributed by atoms with van der Waals surface area (Å²) in [6.07, 6.45) is -5.35. The summed E-state index contributed by atoms with van der Waals surface area (Å²) in [6.45, 7) is 1.76. The first-order valence-corrected chi connectivity index (χ1v) is 6.17. The average molecular weight is 283 g/mol. The third-order valence-electron chi connectivity index (χ3n) is 3.09. The minimum Gasteiger partial charge on any atom is -0.453 e. The van der Waals surface area contributed by atoms with Crippen molar-refractivity contribution < 1.29 is 22.7 Å². The molecule has 1 heterocycles. The fraction of sp³-hybridized carbons (Fsp3) is 0.909. The number of likely N-dealkylation sites (tertiary alicyclic amines) is 1. The van der Waals surface area contributed by atoms with Gasteiger partial charge in [-0.25, -0.2) is 4.79 Å². The molecule has 2 atom stereocenters. The van der Waals surface area contributed by atoms with E-state index < -0.39 is 24.6 Å². The summed E-state index contributed by atoms with van der Waals surface area (Å²) in [4.78, 5) is 13.0. The van der Waals surface area contributed by atoms with Crippen molar-refractivity contribution in [2.75, 3.05) is 33.3 Å². The van der Waals surface area contributed by atoms with Gasteiger partial charge < -0.3 is 15.8 Å². The zero-order valence-corrected chi connectivity index (χ0v) is 10.9. The van der Waals surface area contributed by atoms with Crippen LogP contribution in [0.3, 0.4) is 0 Å². The third kappa shape index (κ3) is 6.11. The van der Waals surface area contributed by atoms with Gasteiger partial charge in [0.2, 0.25) is 0 Å². The first-order chi connectivity index (χ1) is 8.84. The molecule has 1 saturated heterocycles. The molecule has 1 aliphatic heterocycles. The molecule has 0 aromatic carbocycles. The van der Waals surface area contributed by atoms with E-state index in [0.29, 0.717) is 32.6 Å². The van der Waals surface area contributed by atoms with E-state index in [4.69, 9.17) is 5.73 Å². The summed E-state index contributed by atoms with van der Waals surface area (Å²) in [5.74, 6) is -0.526. The zero-order valence-electron chi connectivity index (χ0n) is 10.9. The number of carbonyl (C=O) groups is 1. The van der Waals surface area contributed by atoms with Gasteiger partial charge in [-0.15, -0.1) is 0 Å². The summed E-state index contributed by atoms with van der Waals surface area (Å²) < 4.78 is 41.8. The molecule has 0 aromatic rings. The Morgan fingerprint density at radius 3 is 2.68 bits per heavy atom. The number of piperidine rings is 1. The molecule has 5 nitrogen and oxygen atoms in total. The van der Waals surface area contributed by atoms with Crippen LogP contribution in [0.1, 0.15) is 12.8 Å². The van der Waals surface area contributed by atoms with Crippen LogP contribution in [0.4, 0.5) is 18.0 Å². The number of alkyl halides is 3. The largest absolute Gasteiger partial charge is 0.453 e. The second-order valence-electron chi connectivity index (χ2n) is 4.80. The summed E-state index contributed by atoms with van der Waals surface area (Å²) in [6, 6.07) is -0.333. The normalized spacial score (nSPS) is 25.1. The topological polar surface area (TPSA) is 67.6 Å². The molecular formula is C11H20F3N3O2. The van der Waals surface area contributed by atoms with E-state index in [2.05, 4.69) is 10.1 Å². The minimum atomic E-state index is -4.19. The number of hydrogen-bond donors (Lipinski definition) is 2. The lowest BCUT2D eigenvalue weighted by atomic mass is 9.91. The number of nitrogens with one attached hydrogen (secondary N) is 1. The van der Waals surface area contributed by atoms with Gasteiger partial charge in [0.05, 0.1) is 7.11 Å². The van der Waals surface area contributed by atoms with Gasteiger partial charge in [0, 0.05) is 38.6 Å². The van der Waals surface area contributed by atoms with Crippen LogP contribution in [0.15, 0.2) is 0 Å². The highest BCUT2D eigenvalue weighted by molar-refractivity contribution is 5.67. The lowest BCUT2D eigenvalue weighted by Crippen LogP contribution is -2.52. The minimum absolute atomic E-state index is 0.301. The van der Waals surface area contributed by atoms with Crippen molar-refractivity contribution in [2.24, 2.45) is 11.7 Å². The van der Waals surface area contributed by atoms with E-state index >= 15 is 0 Å². The standard InChI is InChI=1S/C11H20F3N3O2/c1-19-10(18)16-9-4-8(5-11(12,13)14)6-17(7-9)3-2-15/h8-9H,2-7,15H2,1H3,(H,16,18). The maximum absolute atomic E-state index is 12.5. The number of nitrogens with zero attached hydrogens (tertiary/aromatic N) is 1. The van der Waals surface area contributed by atoms with Gasteiger partial charge >= 0.3 is 12.3 Å². The summed E-state index contributed by atoms with van der Waals surface area (Å²) in [5, 5.41) is 2.56. The molecule has 0 saturated carbocycles. The number of ether oxygens (including phenoxy) is 1. The number of amides is 1. The highest BCUT2D eigenvalue weighted by atomic mass is 19.4. The number of nitrogens with two attached hydrogens (primary N) is 1. The maximum Gasteiger partial charge on any atom is 0.407 e. The van der Waals surface area contributed by atoms with Gasteiger partial charge in [-0.3, -0.25) is 4.90 Å². The number of alkyl carbamates (subject to hydrolysis) is 1. The molecule has 1 fully saturated rings. The Bertz CT molecular complexity index is 299. The second-order valence-corrected chi connectivity index (χ2v) is 4.80. The van der Waals surface area contributed by atoms with Crippen LogP contribution < -0.4 is 11.1 Å². The Labute approximate surface area is 110 Å². The van der Waals surface area contributed by atoms with Gasteiger partial charge in [0.25, 0.3) is 0 Å². The van der Waals surface area contributed by atoms with Gasteiger partial charge in [-0.1, -0.05) is 0 Å². The van der Waals surface area contributed by atoms with E-state index in [0.717, 1.165) is 0 Å². The van der Waals surface area contributed by atoms with E-state index in [1.54, 1.807) is 0 Å². The third-order valence-corrected chi connectivity index (χ3v) is 3.09. The van der Waals surface area contributed by atoms with Gasteiger partial charge in [0.1, 0.15) is 0 Å². The molecule has 8 heteroatoms. The number of halogens is 3. The SMILES string of the molecule is COC(=O)NC1CC(CC(F)(F)F)CN(CCN)C1. The average Bonchev–Trinajstić information content (AvgIpc) is 2.26. The highest BCUT2D eigenvalue weighted by Crippen LogP contribution is 2.30. The Morgan fingerprint density at radius 2 is 2.16 bits per heavy atom. The van der Waals surface area contributed by atoms with Crippen LogP contribution in [0.2, 0.25) is 0 Å². The Morgan fingerprint density at radius 1 is 1.47 bits per heavy atom. The Hall–Kier alpha value is -1.02. The molecule has 112 valence electrons. The Balaban J connectivity index is 2.59. The van der Waals surface area contributed by atoms with E-state index in [1.807, 2.05) is 4.90 Å². The number of rotatable bonds is 4. The van der Waals surface area contributed by atoms with E-state index in [1.165, 1.54) is 7.11 Å².